The maximum atomic E-state index is 2.43. The first kappa shape index (κ1) is 14.2. The van der Waals surface area contributed by atoms with Crippen LogP contribution in [0.5, 0.6) is 0 Å². The Bertz CT molecular complexity index is 251. The smallest absolute Gasteiger partial charge is 0.0233 e. The molecule has 0 radical (unpaired) electrons. The van der Waals surface area contributed by atoms with Gasteiger partial charge in [0, 0.05) is 6.54 Å². The van der Waals surface area contributed by atoms with Crippen molar-refractivity contribution < 1.29 is 0 Å². The average molecular weight is 207 g/mol. The molecule has 0 saturated heterocycles. The minimum Gasteiger partial charge on any atom is -0.300 e. The summed E-state index contributed by atoms with van der Waals surface area (Å²) >= 11 is 0. The van der Waals surface area contributed by atoms with Gasteiger partial charge in [-0.05, 0) is 25.6 Å². The molecule has 1 heteroatoms. The van der Waals surface area contributed by atoms with Crippen LogP contribution in [0.25, 0.3) is 0 Å². The third kappa shape index (κ3) is 5.58. The van der Waals surface area contributed by atoms with Crippen molar-refractivity contribution in [1.82, 2.24) is 4.90 Å². The number of hydrogen-bond acceptors (Lipinski definition) is 1. The van der Waals surface area contributed by atoms with Crippen LogP contribution in [0.1, 0.15) is 38.8 Å². The third-order valence-electron chi connectivity index (χ3n) is 2.38. The normalized spacial score (nSPS) is 9.73. The zero-order valence-electron chi connectivity index (χ0n) is 10.9. The van der Waals surface area contributed by atoms with Gasteiger partial charge in [0.05, 0.1) is 0 Å². The Hall–Kier alpha value is -0.820. The van der Waals surface area contributed by atoms with Crippen LogP contribution >= 0.6 is 0 Å². The number of benzene rings is 1. The summed E-state index contributed by atoms with van der Waals surface area (Å²) in [7, 11) is 0. The van der Waals surface area contributed by atoms with Gasteiger partial charge in [-0.3, -0.25) is 4.90 Å². The first-order valence-corrected chi connectivity index (χ1v) is 6.04. The maximum Gasteiger partial charge on any atom is 0.0233 e. The fourth-order valence-corrected chi connectivity index (χ4v) is 1.52. The van der Waals surface area contributed by atoms with Crippen LogP contribution in [0.4, 0.5) is 0 Å². The van der Waals surface area contributed by atoms with E-state index in [1.165, 1.54) is 11.1 Å². The van der Waals surface area contributed by atoms with Gasteiger partial charge in [0.15, 0.2) is 0 Å². The molecule has 0 aliphatic carbocycles. The van der Waals surface area contributed by atoms with E-state index in [1.54, 1.807) is 0 Å². The molecule has 15 heavy (non-hydrogen) atoms. The van der Waals surface area contributed by atoms with Gasteiger partial charge in [0.2, 0.25) is 0 Å². The Kier molecular flexibility index (Phi) is 8.02. The van der Waals surface area contributed by atoms with Crippen LogP contribution in [0.3, 0.4) is 0 Å². The number of hydrogen-bond donors (Lipinski definition) is 0. The Balaban J connectivity index is 0.000000921. The summed E-state index contributed by atoms with van der Waals surface area (Å²) in [6.45, 7) is 13.9. The SMILES string of the molecule is CC.CCN(CC)Cc1cccc(C)c1. The molecule has 0 atom stereocenters. The maximum absolute atomic E-state index is 2.43. The summed E-state index contributed by atoms with van der Waals surface area (Å²) in [5.41, 5.74) is 2.77. The van der Waals surface area contributed by atoms with Crippen molar-refractivity contribution in [1.29, 1.82) is 0 Å². The molecule has 86 valence electrons. The highest BCUT2D eigenvalue weighted by Crippen LogP contribution is 2.06. The third-order valence-corrected chi connectivity index (χ3v) is 2.38. The Morgan fingerprint density at radius 3 is 2.13 bits per heavy atom. The van der Waals surface area contributed by atoms with Gasteiger partial charge in [0.25, 0.3) is 0 Å². The molecule has 1 aromatic rings. The lowest BCUT2D eigenvalue weighted by Gasteiger charge is -2.17. The summed E-state index contributed by atoms with van der Waals surface area (Å²) in [5.74, 6) is 0. The highest BCUT2D eigenvalue weighted by atomic mass is 15.1. The highest BCUT2D eigenvalue weighted by Gasteiger charge is 1.99. The highest BCUT2D eigenvalue weighted by molar-refractivity contribution is 5.21. The fourth-order valence-electron chi connectivity index (χ4n) is 1.52. The molecule has 0 spiro atoms. The zero-order valence-corrected chi connectivity index (χ0v) is 10.9. The second-order valence-corrected chi connectivity index (χ2v) is 3.45. The van der Waals surface area contributed by atoms with Crippen LogP contribution in [-0.4, -0.2) is 18.0 Å². The molecule has 0 bridgehead atoms. The Morgan fingerprint density at radius 2 is 1.67 bits per heavy atom. The number of rotatable bonds is 4. The Morgan fingerprint density at radius 1 is 1.07 bits per heavy atom. The quantitative estimate of drug-likeness (QED) is 0.724. The van der Waals surface area contributed by atoms with Crippen molar-refractivity contribution in [2.45, 2.75) is 41.2 Å². The lowest BCUT2D eigenvalue weighted by atomic mass is 10.1. The van der Waals surface area contributed by atoms with E-state index in [0.717, 1.165) is 19.6 Å². The number of nitrogens with zero attached hydrogens (tertiary/aromatic N) is 1. The van der Waals surface area contributed by atoms with Gasteiger partial charge >= 0.3 is 0 Å². The molecule has 0 fully saturated rings. The molecule has 1 aromatic carbocycles. The van der Waals surface area contributed by atoms with Crippen molar-refractivity contribution in [3.8, 4) is 0 Å². The minimum absolute atomic E-state index is 1.08. The summed E-state index contributed by atoms with van der Waals surface area (Å²) in [5, 5.41) is 0. The van der Waals surface area contributed by atoms with E-state index < -0.39 is 0 Å². The van der Waals surface area contributed by atoms with Crippen molar-refractivity contribution in [2.24, 2.45) is 0 Å². The molecule has 0 unspecified atom stereocenters. The molecule has 0 aromatic heterocycles. The molecule has 0 aliphatic heterocycles. The molecular weight excluding hydrogens is 182 g/mol. The first-order chi connectivity index (χ1) is 7.26. The molecule has 0 saturated carbocycles. The van der Waals surface area contributed by atoms with Crippen LogP contribution in [0.2, 0.25) is 0 Å². The van der Waals surface area contributed by atoms with E-state index in [1.807, 2.05) is 13.8 Å². The first-order valence-electron chi connectivity index (χ1n) is 6.04. The van der Waals surface area contributed by atoms with E-state index in [2.05, 4.69) is 49.9 Å². The lowest BCUT2D eigenvalue weighted by Crippen LogP contribution is -2.22. The van der Waals surface area contributed by atoms with E-state index in [0.29, 0.717) is 0 Å². The second kappa shape index (κ2) is 8.49. The zero-order chi connectivity index (χ0) is 11.7. The largest absolute Gasteiger partial charge is 0.300 e. The Labute approximate surface area is 95.1 Å². The standard InChI is InChI=1S/C12H19N.C2H6/c1-4-13(5-2)10-12-8-6-7-11(3)9-12;1-2/h6-9H,4-5,10H2,1-3H3;1-2H3. The number of aryl methyl sites for hydroxylation is 1. The van der Waals surface area contributed by atoms with Crippen molar-refractivity contribution in [3.63, 3.8) is 0 Å². The molecule has 1 rings (SSSR count). The summed E-state index contributed by atoms with van der Waals surface area (Å²) < 4.78 is 0. The summed E-state index contributed by atoms with van der Waals surface area (Å²) in [6.07, 6.45) is 0. The van der Waals surface area contributed by atoms with Crippen LogP contribution in [-0.2, 0) is 6.54 Å². The van der Waals surface area contributed by atoms with Gasteiger partial charge in [-0.1, -0.05) is 57.5 Å². The molecule has 0 amide bonds. The van der Waals surface area contributed by atoms with Crippen molar-refractivity contribution >= 4 is 0 Å². The van der Waals surface area contributed by atoms with Gasteiger partial charge in [0.1, 0.15) is 0 Å². The van der Waals surface area contributed by atoms with E-state index in [4.69, 9.17) is 0 Å². The van der Waals surface area contributed by atoms with Gasteiger partial charge in [-0.2, -0.15) is 0 Å². The van der Waals surface area contributed by atoms with Crippen LogP contribution in [0, 0.1) is 6.92 Å². The van der Waals surface area contributed by atoms with Crippen LogP contribution in [0.15, 0.2) is 24.3 Å². The minimum atomic E-state index is 1.08. The monoisotopic (exact) mass is 207 g/mol. The van der Waals surface area contributed by atoms with E-state index >= 15 is 0 Å². The molecule has 0 N–H and O–H groups in total. The lowest BCUT2D eigenvalue weighted by molar-refractivity contribution is 0.296. The molecule has 0 aliphatic rings. The fraction of sp³-hybridized carbons (Fsp3) is 0.571. The van der Waals surface area contributed by atoms with E-state index in [-0.39, 0.29) is 0 Å². The topological polar surface area (TPSA) is 3.24 Å². The second-order valence-electron chi connectivity index (χ2n) is 3.45. The van der Waals surface area contributed by atoms with Crippen molar-refractivity contribution in [3.05, 3.63) is 35.4 Å². The van der Waals surface area contributed by atoms with Crippen molar-refractivity contribution in [2.75, 3.05) is 13.1 Å². The average Bonchev–Trinajstić information content (AvgIpc) is 2.29. The summed E-state index contributed by atoms with van der Waals surface area (Å²) in [4.78, 5) is 2.43. The van der Waals surface area contributed by atoms with E-state index in [9.17, 15) is 0 Å². The predicted molar refractivity (Wildman–Crippen MR) is 69.2 cm³/mol. The van der Waals surface area contributed by atoms with Gasteiger partial charge in [-0.25, -0.2) is 0 Å². The van der Waals surface area contributed by atoms with Gasteiger partial charge in [-0.15, -0.1) is 0 Å². The van der Waals surface area contributed by atoms with Gasteiger partial charge < -0.3 is 0 Å². The molecule has 1 nitrogen and oxygen atoms in total. The molecule has 0 heterocycles. The van der Waals surface area contributed by atoms with Crippen LogP contribution < -0.4 is 0 Å². The summed E-state index contributed by atoms with van der Waals surface area (Å²) in [6, 6.07) is 8.74. The predicted octanol–water partition coefficient (Wildman–Crippen LogP) is 3.86. The molecular formula is C14H25N.